The highest BCUT2D eigenvalue weighted by molar-refractivity contribution is 5.93. The van der Waals surface area contributed by atoms with E-state index in [0.29, 0.717) is 11.7 Å². The summed E-state index contributed by atoms with van der Waals surface area (Å²) in [6, 6.07) is 5.58. The number of amides is 2. The molecule has 0 aliphatic rings. The van der Waals surface area contributed by atoms with Crippen molar-refractivity contribution in [2.75, 3.05) is 19.8 Å². The molecule has 0 unspecified atom stereocenters. The molecule has 132 valence electrons. The zero-order valence-electron chi connectivity index (χ0n) is 14.4. The summed E-state index contributed by atoms with van der Waals surface area (Å²) < 4.78 is 14.6. The van der Waals surface area contributed by atoms with E-state index in [1.54, 1.807) is 13.0 Å². The Labute approximate surface area is 141 Å². The van der Waals surface area contributed by atoms with Crippen LogP contribution in [0.5, 0.6) is 5.75 Å². The molecule has 0 saturated carbocycles. The van der Waals surface area contributed by atoms with Gasteiger partial charge in [-0.05, 0) is 43.0 Å². The Morgan fingerprint density at radius 1 is 1.12 bits per heavy atom. The zero-order chi connectivity index (χ0) is 18.1. The Kier molecular flexibility index (Phi) is 7.74. The van der Waals surface area contributed by atoms with Crippen LogP contribution in [0.1, 0.15) is 37.8 Å². The predicted molar refractivity (Wildman–Crippen MR) is 86.9 cm³/mol. The molecule has 1 aromatic carbocycles. The fourth-order valence-corrected chi connectivity index (χ4v) is 2.03. The number of nitrogens with one attached hydrogen (secondary N) is 1. The Hall–Kier alpha value is -2.57. The SMILES string of the molecule is CCOC(=O)NC(=O)COC(=O)COc1ccc(C(C)C)c(C)c1. The molecule has 7 heteroatoms. The van der Waals surface area contributed by atoms with Gasteiger partial charge in [0.2, 0.25) is 0 Å². The summed E-state index contributed by atoms with van der Waals surface area (Å²) in [4.78, 5) is 33.9. The third-order valence-corrected chi connectivity index (χ3v) is 3.10. The summed E-state index contributed by atoms with van der Waals surface area (Å²) in [6.45, 7) is 7.02. The van der Waals surface area contributed by atoms with Gasteiger partial charge in [0.25, 0.3) is 5.91 Å². The van der Waals surface area contributed by atoms with Crippen LogP contribution < -0.4 is 10.1 Å². The third kappa shape index (κ3) is 6.68. The van der Waals surface area contributed by atoms with Crippen molar-refractivity contribution in [3.8, 4) is 5.75 Å². The molecule has 0 spiro atoms. The number of rotatable bonds is 7. The van der Waals surface area contributed by atoms with Crippen LogP contribution >= 0.6 is 0 Å². The summed E-state index contributed by atoms with van der Waals surface area (Å²) in [5.41, 5.74) is 2.28. The summed E-state index contributed by atoms with van der Waals surface area (Å²) in [5, 5.41) is 1.92. The molecule has 0 fully saturated rings. The molecular weight excluding hydrogens is 314 g/mol. The van der Waals surface area contributed by atoms with Gasteiger partial charge >= 0.3 is 12.1 Å². The van der Waals surface area contributed by atoms with Crippen LogP contribution in [0, 0.1) is 6.92 Å². The summed E-state index contributed by atoms with van der Waals surface area (Å²) >= 11 is 0. The molecule has 0 aliphatic carbocycles. The van der Waals surface area contributed by atoms with Crippen molar-refractivity contribution in [3.05, 3.63) is 29.3 Å². The number of hydrogen-bond acceptors (Lipinski definition) is 6. The molecule has 0 bridgehead atoms. The number of carbonyl (C=O) groups excluding carboxylic acids is 3. The number of carbonyl (C=O) groups is 3. The van der Waals surface area contributed by atoms with Crippen molar-refractivity contribution in [2.45, 2.75) is 33.6 Å². The van der Waals surface area contributed by atoms with E-state index < -0.39 is 24.6 Å². The summed E-state index contributed by atoms with van der Waals surface area (Å²) in [6.07, 6.45) is -0.879. The minimum Gasteiger partial charge on any atom is -0.482 e. The summed E-state index contributed by atoms with van der Waals surface area (Å²) in [7, 11) is 0. The third-order valence-electron chi connectivity index (χ3n) is 3.10. The van der Waals surface area contributed by atoms with Gasteiger partial charge in [-0.3, -0.25) is 10.1 Å². The van der Waals surface area contributed by atoms with Crippen molar-refractivity contribution in [3.63, 3.8) is 0 Å². The van der Waals surface area contributed by atoms with E-state index >= 15 is 0 Å². The Balaban J connectivity index is 2.37. The maximum absolute atomic E-state index is 11.5. The van der Waals surface area contributed by atoms with Crippen LogP contribution in [0.4, 0.5) is 4.79 Å². The average Bonchev–Trinajstić information content (AvgIpc) is 2.50. The van der Waals surface area contributed by atoms with Crippen LogP contribution in [0.25, 0.3) is 0 Å². The molecule has 1 N–H and O–H groups in total. The molecule has 0 radical (unpaired) electrons. The van der Waals surface area contributed by atoms with Gasteiger partial charge in [0, 0.05) is 0 Å². The van der Waals surface area contributed by atoms with Crippen molar-refractivity contribution in [2.24, 2.45) is 0 Å². The molecule has 1 aromatic rings. The maximum atomic E-state index is 11.5. The van der Waals surface area contributed by atoms with E-state index in [-0.39, 0.29) is 13.2 Å². The normalized spacial score (nSPS) is 10.2. The lowest BCUT2D eigenvalue weighted by atomic mass is 9.98. The van der Waals surface area contributed by atoms with E-state index in [1.807, 2.05) is 24.4 Å². The second-order valence-electron chi connectivity index (χ2n) is 5.39. The molecule has 24 heavy (non-hydrogen) atoms. The fourth-order valence-electron chi connectivity index (χ4n) is 2.03. The lowest BCUT2D eigenvalue weighted by molar-refractivity contribution is -0.150. The first-order valence-electron chi connectivity index (χ1n) is 7.69. The van der Waals surface area contributed by atoms with Gasteiger partial charge in [-0.15, -0.1) is 0 Å². The lowest BCUT2D eigenvalue weighted by Crippen LogP contribution is -2.35. The second kappa shape index (κ2) is 9.54. The zero-order valence-corrected chi connectivity index (χ0v) is 14.4. The van der Waals surface area contributed by atoms with Gasteiger partial charge in [-0.25, -0.2) is 9.59 Å². The molecule has 1 rings (SSSR count). The number of alkyl carbamates (subject to hydrolysis) is 1. The number of benzene rings is 1. The van der Waals surface area contributed by atoms with Crippen molar-refractivity contribution < 1.29 is 28.6 Å². The lowest BCUT2D eigenvalue weighted by Gasteiger charge is -2.12. The Morgan fingerprint density at radius 3 is 2.42 bits per heavy atom. The van der Waals surface area contributed by atoms with E-state index in [1.165, 1.54) is 5.56 Å². The maximum Gasteiger partial charge on any atom is 0.413 e. The van der Waals surface area contributed by atoms with E-state index in [0.717, 1.165) is 5.56 Å². The van der Waals surface area contributed by atoms with Crippen molar-refractivity contribution >= 4 is 18.0 Å². The van der Waals surface area contributed by atoms with Gasteiger partial charge in [0.05, 0.1) is 6.61 Å². The number of esters is 1. The standard InChI is InChI=1S/C17H23NO6/c1-5-22-17(21)18-15(19)9-24-16(20)10-23-13-6-7-14(11(2)3)12(4)8-13/h6-8,11H,5,9-10H2,1-4H3,(H,18,19,21). The van der Waals surface area contributed by atoms with Crippen LogP contribution in [0.2, 0.25) is 0 Å². The molecule has 0 saturated heterocycles. The second-order valence-corrected chi connectivity index (χ2v) is 5.39. The van der Waals surface area contributed by atoms with Crippen LogP contribution in [-0.4, -0.2) is 37.8 Å². The van der Waals surface area contributed by atoms with Gasteiger partial charge in [-0.1, -0.05) is 19.9 Å². The minimum absolute atomic E-state index is 0.141. The van der Waals surface area contributed by atoms with E-state index in [2.05, 4.69) is 18.6 Å². The molecule has 7 nitrogen and oxygen atoms in total. The number of aryl methyl sites for hydroxylation is 1. The first-order chi connectivity index (χ1) is 11.3. The summed E-state index contributed by atoms with van der Waals surface area (Å²) in [5.74, 6) is -0.523. The quantitative estimate of drug-likeness (QED) is 0.768. The monoisotopic (exact) mass is 337 g/mol. The topological polar surface area (TPSA) is 90.9 Å². The number of ether oxygens (including phenoxy) is 3. The molecule has 0 heterocycles. The van der Waals surface area contributed by atoms with Crippen molar-refractivity contribution in [1.82, 2.24) is 5.32 Å². The molecule has 0 atom stereocenters. The Bertz CT molecular complexity index is 597. The molecular formula is C17H23NO6. The fraction of sp³-hybridized carbons (Fsp3) is 0.471. The minimum atomic E-state index is -0.879. The van der Waals surface area contributed by atoms with Gasteiger partial charge in [0.15, 0.2) is 13.2 Å². The first kappa shape index (κ1) is 19.5. The molecule has 0 aromatic heterocycles. The highest BCUT2D eigenvalue weighted by Gasteiger charge is 2.12. The molecule has 0 aliphatic heterocycles. The van der Waals surface area contributed by atoms with Crippen LogP contribution in [0.3, 0.4) is 0 Å². The van der Waals surface area contributed by atoms with Gasteiger partial charge in [-0.2, -0.15) is 0 Å². The van der Waals surface area contributed by atoms with Crippen LogP contribution in [0.15, 0.2) is 18.2 Å². The highest BCUT2D eigenvalue weighted by atomic mass is 16.6. The van der Waals surface area contributed by atoms with E-state index in [9.17, 15) is 14.4 Å². The van der Waals surface area contributed by atoms with E-state index in [4.69, 9.17) is 9.47 Å². The number of hydrogen-bond donors (Lipinski definition) is 1. The predicted octanol–water partition coefficient (Wildman–Crippen LogP) is 2.31. The first-order valence-corrected chi connectivity index (χ1v) is 7.69. The van der Waals surface area contributed by atoms with Gasteiger partial charge < -0.3 is 14.2 Å². The van der Waals surface area contributed by atoms with Crippen molar-refractivity contribution in [1.29, 1.82) is 0 Å². The van der Waals surface area contributed by atoms with Crippen LogP contribution in [-0.2, 0) is 19.1 Å². The Morgan fingerprint density at radius 2 is 1.83 bits per heavy atom. The average molecular weight is 337 g/mol. The largest absolute Gasteiger partial charge is 0.482 e. The smallest absolute Gasteiger partial charge is 0.413 e. The van der Waals surface area contributed by atoms with Gasteiger partial charge in [0.1, 0.15) is 5.75 Å². The number of imide groups is 1. The highest BCUT2D eigenvalue weighted by Crippen LogP contribution is 2.23. The molecule has 2 amide bonds.